The minimum atomic E-state index is 0.597. The topological polar surface area (TPSA) is 65.1 Å². The molecule has 0 bridgehead atoms. The van der Waals surface area contributed by atoms with Crippen molar-refractivity contribution >= 4 is 23.7 Å². The Morgan fingerprint density at radius 3 is 2.95 bits per heavy atom. The van der Waals surface area contributed by atoms with Crippen molar-refractivity contribution in [1.82, 2.24) is 24.4 Å². The molecule has 0 aliphatic carbocycles. The van der Waals surface area contributed by atoms with Crippen LogP contribution in [0.4, 0.5) is 0 Å². The van der Waals surface area contributed by atoms with Crippen LogP contribution in [0.25, 0.3) is 5.65 Å². The van der Waals surface area contributed by atoms with Crippen molar-refractivity contribution in [3.05, 3.63) is 35.7 Å². The summed E-state index contributed by atoms with van der Waals surface area (Å²) in [6, 6.07) is 5.70. The summed E-state index contributed by atoms with van der Waals surface area (Å²) in [5.41, 5.74) is 2.09. The molecule has 0 radical (unpaired) electrons. The van der Waals surface area contributed by atoms with Crippen LogP contribution in [0.15, 0.2) is 34.6 Å². The molecule has 0 aliphatic rings. The van der Waals surface area contributed by atoms with Gasteiger partial charge < -0.3 is 0 Å². The highest BCUT2D eigenvalue weighted by Crippen LogP contribution is 2.29. The molecule has 0 unspecified atom stereocenters. The van der Waals surface area contributed by atoms with Gasteiger partial charge in [0.1, 0.15) is 5.03 Å². The molecule has 0 N–H and O–H groups in total. The summed E-state index contributed by atoms with van der Waals surface area (Å²) in [5, 5.41) is 13.9. The van der Waals surface area contributed by atoms with Crippen molar-refractivity contribution in [1.29, 1.82) is 0 Å². The van der Waals surface area contributed by atoms with Crippen LogP contribution in [-0.4, -0.2) is 30.7 Å². The minimum absolute atomic E-state index is 0.597. The lowest BCUT2D eigenvalue weighted by Gasteiger charge is -2.01. The number of pyridine rings is 1. The Hall–Kier alpha value is -2.15. The van der Waals surface area contributed by atoms with Gasteiger partial charge in [0, 0.05) is 13.2 Å². The first-order valence-corrected chi connectivity index (χ1v) is 6.48. The van der Waals surface area contributed by atoms with E-state index in [1.807, 2.05) is 42.8 Å². The molecule has 3 rings (SSSR count). The molecule has 96 valence electrons. The maximum Gasteiger partial charge on any atom is 0.201 e. The molecular formula is C12H11N5OS. The zero-order valence-electron chi connectivity index (χ0n) is 10.4. The van der Waals surface area contributed by atoms with Gasteiger partial charge in [-0.05, 0) is 30.8 Å². The van der Waals surface area contributed by atoms with Crippen molar-refractivity contribution < 1.29 is 4.79 Å². The van der Waals surface area contributed by atoms with E-state index in [0.717, 1.165) is 17.0 Å². The standard InChI is InChI=1S/C12H11N5OS/c1-8-9(7-18)11(16(2)15-8)19-12-14-13-10-5-3-4-6-17(10)12/h3-7H,1-2H3. The fourth-order valence-electron chi connectivity index (χ4n) is 1.89. The summed E-state index contributed by atoms with van der Waals surface area (Å²) in [5.74, 6) is 0. The van der Waals surface area contributed by atoms with Gasteiger partial charge in [-0.25, -0.2) is 0 Å². The number of nitrogens with zero attached hydrogens (tertiary/aromatic N) is 5. The number of carbonyl (C=O) groups excluding carboxylic acids is 1. The van der Waals surface area contributed by atoms with Crippen LogP contribution >= 0.6 is 11.8 Å². The summed E-state index contributed by atoms with van der Waals surface area (Å²) in [6.07, 6.45) is 2.72. The zero-order chi connectivity index (χ0) is 13.4. The van der Waals surface area contributed by atoms with Crippen molar-refractivity contribution in [2.75, 3.05) is 0 Å². The molecular weight excluding hydrogens is 262 g/mol. The molecule has 3 aromatic heterocycles. The van der Waals surface area contributed by atoms with Gasteiger partial charge in [0.25, 0.3) is 0 Å². The first kappa shape index (κ1) is 11.9. The Kier molecular flexibility index (Phi) is 2.83. The van der Waals surface area contributed by atoms with Crippen LogP contribution in [-0.2, 0) is 7.05 Å². The highest BCUT2D eigenvalue weighted by molar-refractivity contribution is 7.99. The molecule has 0 atom stereocenters. The monoisotopic (exact) mass is 273 g/mol. The van der Waals surface area contributed by atoms with E-state index in [1.165, 1.54) is 11.8 Å². The van der Waals surface area contributed by atoms with Gasteiger partial charge in [-0.15, -0.1) is 10.2 Å². The third-order valence-electron chi connectivity index (χ3n) is 2.80. The number of carbonyl (C=O) groups is 1. The SMILES string of the molecule is Cc1nn(C)c(Sc2nnc3ccccn23)c1C=O. The van der Waals surface area contributed by atoms with Gasteiger partial charge in [-0.3, -0.25) is 13.9 Å². The smallest absolute Gasteiger partial charge is 0.201 e. The predicted octanol–water partition coefficient (Wildman–Crippen LogP) is 1.73. The fraction of sp³-hybridized carbons (Fsp3) is 0.167. The molecule has 0 aromatic carbocycles. The summed E-state index contributed by atoms with van der Waals surface area (Å²) in [7, 11) is 1.81. The minimum Gasteiger partial charge on any atom is -0.298 e. The number of hydrogen-bond donors (Lipinski definition) is 0. The molecule has 0 spiro atoms. The molecule has 7 heteroatoms. The highest BCUT2D eigenvalue weighted by Gasteiger charge is 2.16. The summed E-state index contributed by atoms with van der Waals surface area (Å²) in [6.45, 7) is 1.82. The fourth-order valence-corrected chi connectivity index (χ4v) is 2.87. The Labute approximate surface area is 113 Å². The summed E-state index contributed by atoms with van der Waals surface area (Å²) < 4.78 is 3.56. The molecule has 0 fully saturated rings. The van der Waals surface area contributed by atoms with Crippen LogP contribution in [0, 0.1) is 6.92 Å². The van der Waals surface area contributed by atoms with Gasteiger partial charge in [0.2, 0.25) is 5.16 Å². The molecule has 0 saturated heterocycles. The Morgan fingerprint density at radius 1 is 1.32 bits per heavy atom. The number of fused-ring (bicyclic) bond motifs is 1. The maximum absolute atomic E-state index is 11.1. The Bertz CT molecular complexity index is 761. The Morgan fingerprint density at radius 2 is 2.16 bits per heavy atom. The number of aryl methyl sites for hydroxylation is 2. The van der Waals surface area contributed by atoms with E-state index in [-0.39, 0.29) is 0 Å². The van der Waals surface area contributed by atoms with Crippen LogP contribution in [0.5, 0.6) is 0 Å². The second-order valence-corrected chi connectivity index (χ2v) is 5.02. The van der Waals surface area contributed by atoms with E-state index in [2.05, 4.69) is 15.3 Å². The lowest BCUT2D eigenvalue weighted by molar-refractivity contribution is 0.112. The van der Waals surface area contributed by atoms with Gasteiger partial charge in [0.05, 0.1) is 11.3 Å². The molecule has 0 aliphatic heterocycles. The van der Waals surface area contributed by atoms with E-state index in [1.54, 1.807) is 4.68 Å². The molecule has 3 heterocycles. The van der Waals surface area contributed by atoms with Gasteiger partial charge in [0.15, 0.2) is 11.9 Å². The summed E-state index contributed by atoms with van der Waals surface area (Å²) >= 11 is 1.38. The van der Waals surface area contributed by atoms with Crippen LogP contribution in [0.1, 0.15) is 16.1 Å². The van der Waals surface area contributed by atoms with Crippen molar-refractivity contribution in [2.45, 2.75) is 17.1 Å². The molecule has 0 saturated carbocycles. The molecule has 0 amide bonds. The normalized spacial score (nSPS) is 11.1. The average Bonchev–Trinajstić information content (AvgIpc) is 2.93. The van der Waals surface area contributed by atoms with Gasteiger partial charge in [-0.1, -0.05) is 6.07 Å². The number of aromatic nitrogens is 5. The molecule has 3 aromatic rings. The first-order valence-electron chi connectivity index (χ1n) is 5.67. The third-order valence-corrected chi connectivity index (χ3v) is 3.94. The second kappa shape index (κ2) is 4.51. The second-order valence-electron chi connectivity index (χ2n) is 4.06. The van der Waals surface area contributed by atoms with E-state index in [4.69, 9.17) is 0 Å². The van der Waals surface area contributed by atoms with Crippen LogP contribution in [0.3, 0.4) is 0 Å². The molecule has 19 heavy (non-hydrogen) atoms. The maximum atomic E-state index is 11.1. The lowest BCUT2D eigenvalue weighted by atomic mass is 10.3. The van der Waals surface area contributed by atoms with E-state index < -0.39 is 0 Å². The van der Waals surface area contributed by atoms with Gasteiger partial charge >= 0.3 is 0 Å². The lowest BCUT2D eigenvalue weighted by Crippen LogP contribution is -1.95. The summed E-state index contributed by atoms with van der Waals surface area (Å²) in [4.78, 5) is 11.1. The third kappa shape index (κ3) is 1.91. The quantitative estimate of drug-likeness (QED) is 0.680. The predicted molar refractivity (Wildman–Crippen MR) is 70.4 cm³/mol. The number of aldehydes is 1. The number of rotatable bonds is 3. The van der Waals surface area contributed by atoms with Gasteiger partial charge in [-0.2, -0.15) is 5.10 Å². The largest absolute Gasteiger partial charge is 0.298 e. The van der Waals surface area contributed by atoms with E-state index in [0.29, 0.717) is 16.4 Å². The van der Waals surface area contributed by atoms with Crippen molar-refractivity contribution in [3.63, 3.8) is 0 Å². The number of hydrogen-bond acceptors (Lipinski definition) is 5. The van der Waals surface area contributed by atoms with Crippen LogP contribution in [0.2, 0.25) is 0 Å². The molecule has 6 nitrogen and oxygen atoms in total. The highest BCUT2D eigenvalue weighted by atomic mass is 32.2. The van der Waals surface area contributed by atoms with Crippen molar-refractivity contribution in [2.24, 2.45) is 7.05 Å². The first-order chi connectivity index (χ1) is 9.20. The van der Waals surface area contributed by atoms with Crippen LogP contribution < -0.4 is 0 Å². The van der Waals surface area contributed by atoms with E-state index >= 15 is 0 Å². The zero-order valence-corrected chi connectivity index (χ0v) is 11.3. The average molecular weight is 273 g/mol. The Balaban J connectivity index is 2.08. The van der Waals surface area contributed by atoms with E-state index in [9.17, 15) is 4.79 Å². The van der Waals surface area contributed by atoms with Crippen molar-refractivity contribution in [3.8, 4) is 0 Å².